The van der Waals surface area contributed by atoms with Crippen molar-refractivity contribution in [2.45, 2.75) is 0 Å². The molecule has 0 radical (unpaired) electrons. The monoisotopic (exact) mass is 456 g/mol. The molecule has 0 saturated carbocycles. The number of nitro groups is 3. The Balaban J connectivity index is 0.000000186. The molecule has 1 heterocycles. The molecule has 0 fully saturated rings. The molecule has 2 N–H and O–H groups in total. The van der Waals surface area contributed by atoms with Crippen molar-refractivity contribution >= 4 is 45.5 Å². The Labute approximate surface area is 184 Å². The molecule has 0 aliphatic carbocycles. The number of non-ortho nitro benzene ring substituents is 1. The van der Waals surface area contributed by atoms with Crippen molar-refractivity contribution in [2.75, 3.05) is 18.8 Å². The molecular formula is C19H16N6O8. The van der Waals surface area contributed by atoms with Crippen LogP contribution in [0.1, 0.15) is 0 Å². The molecule has 3 aromatic rings. The standard InChI is InChI=1S/C13H14N3O.C6H3N3O7/c1-17-9-15-8-16(14)12-7-3-5-10-4-2-6-11(15)13(10)12;10-6-4(8(13)14)1-3(7(11)12)2-5(6)9(15)16/h2-8H,9,14H2,1H3;1-2,10H/q+1;/p-1. The highest BCUT2D eigenvalue weighted by Gasteiger charge is 2.25. The molecule has 0 unspecified atom stereocenters. The van der Waals surface area contributed by atoms with Crippen LogP contribution >= 0.6 is 0 Å². The quantitative estimate of drug-likeness (QED) is 0.257. The van der Waals surface area contributed by atoms with Crippen LogP contribution in [0.15, 0.2) is 48.5 Å². The van der Waals surface area contributed by atoms with Crippen molar-refractivity contribution in [1.82, 2.24) is 0 Å². The van der Waals surface area contributed by atoms with E-state index in [4.69, 9.17) is 10.6 Å². The summed E-state index contributed by atoms with van der Waals surface area (Å²) in [5.74, 6) is 4.55. The number of nitrogens with zero attached hydrogens (tertiary/aromatic N) is 5. The molecule has 0 bridgehead atoms. The van der Waals surface area contributed by atoms with Gasteiger partial charge < -0.3 is 9.84 Å². The zero-order valence-corrected chi connectivity index (χ0v) is 17.0. The van der Waals surface area contributed by atoms with E-state index in [9.17, 15) is 35.4 Å². The summed E-state index contributed by atoms with van der Waals surface area (Å²) < 4.78 is 7.18. The van der Waals surface area contributed by atoms with Gasteiger partial charge in [0.1, 0.15) is 5.69 Å². The third-order valence-corrected chi connectivity index (χ3v) is 4.62. The molecule has 0 atom stereocenters. The maximum atomic E-state index is 11.1. The third-order valence-electron chi connectivity index (χ3n) is 4.62. The lowest BCUT2D eigenvalue weighted by atomic mass is 10.1. The molecule has 0 saturated heterocycles. The second kappa shape index (κ2) is 9.21. The van der Waals surface area contributed by atoms with Crippen LogP contribution in [0.4, 0.5) is 28.4 Å². The van der Waals surface area contributed by atoms with Crippen LogP contribution in [0.3, 0.4) is 0 Å². The highest BCUT2D eigenvalue weighted by atomic mass is 16.6. The summed E-state index contributed by atoms with van der Waals surface area (Å²) in [6, 6.07) is 13.1. The first kappa shape index (κ1) is 23.0. The summed E-state index contributed by atoms with van der Waals surface area (Å²) in [6.07, 6.45) is 1.85. The topological polar surface area (TPSA) is 194 Å². The van der Waals surface area contributed by atoms with Crippen molar-refractivity contribution in [3.8, 4) is 5.75 Å². The zero-order chi connectivity index (χ0) is 24.3. The van der Waals surface area contributed by atoms with Gasteiger partial charge in [0.15, 0.2) is 12.4 Å². The summed E-state index contributed by atoms with van der Waals surface area (Å²) >= 11 is 0. The van der Waals surface area contributed by atoms with Gasteiger partial charge in [-0.25, -0.2) is 4.58 Å². The highest BCUT2D eigenvalue weighted by molar-refractivity contribution is 6.05. The fraction of sp³-hybridized carbons (Fsp3) is 0.105. The van der Waals surface area contributed by atoms with Crippen LogP contribution in [0.5, 0.6) is 5.75 Å². The van der Waals surface area contributed by atoms with Crippen molar-refractivity contribution < 1.29 is 29.2 Å². The van der Waals surface area contributed by atoms with E-state index in [0.717, 1.165) is 16.8 Å². The van der Waals surface area contributed by atoms with E-state index in [0.29, 0.717) is 18.9 Å². The van der Waals surface area contributed by atoms with Crippen LogP contribution in [0.2, 0.25) is 0 Å². The fourth-order valence-electron chi connectivity index (χ4n) is 3.23. The lowest BCUT2D eigenvalue weighted by molar-refractivity contribution is -0.484. The average Bonchev–Trinajstić information content (AvgIpc) is 2.77. The van der Waals surface area contributed by atoms with E-state index in [1.165, 1.54) is 5.39 Å². The maximum absolute atomic E-state index is 11.1. The van der Waals surface area contributed by atoms with Gasteiger partial charge in [-0.1, -0.05) is 24.3 Å². The van der Waals surface area contributed by atoms with Crippen LogP contribution in [0, 0.1) is 30.3 Å². The lowest BCUT2D eigenvalue weighted by Crippen LogP contribution is -2.36. The Morgan fingerprint density at radius 3 is 2.06 bits per heavy atom. The number of methoxy groups -OCH3 is 1. The van der Waals surface area contributed by atoms with Gasteiger partial charge in [0.05, 0.1) is 38.0 Å². The molecule has 14 nitrogen and oxygen atoms in total. The zero-order valence-electron chi connectivity index (χ0n) is 17.0. The number of anilines is 1. The van der Waals surface area contributed by atoms with Crippen molar-refractivity contribution in [1.29, 1.82) is 0 Å². The number of hydrogen-bond donors (Lipinski definition) is 1. The predicted molar refractivity (Wildman–Crippen MR) is 114 cm³/mol. The summed E-state index contributed by atoms with van der Waals surface area (Å²) in [4.78, 5) is 27.5. The Morgan fingerprint density at radius 2 is 1.55 bits per heavy atom. The molecule has 1 aliphatic heterocycles. The molecule has 0 aromatic heterocycles. The average molecular weight is 456 g/mol. The van der Waals surface area contributed by atoms with E-state index in [2.05, 4.69) is 18.2 Å². The number of hydrogen-bond acceptors (Lipinski definition) is 10. The van der Waals surface area contributed by atoms with Gasteiger partial charge in [-0.2, -0.15) is 10.9 Å². The first-order valence-corrected chi connectivity index (χ1v) is 9.10. The van der Waals surface area contributed by atoms with Crippen molar-refractivity contribution in [2.24, 2.45) is 5.84 Å². The number of nitrogens with two attached hydrogens (primary N) is 1. The molecule has 33 heavy (non-hydrogen) atoms. The Kier molecular flexibility index (Phi) is 6.41. The normalized spacial score (nSPS) is 11.9. The first-order valence-electron chi connectivity index (χ1n) is 9.10. The fourth-order valence-corrected chi connectivity index (χ4v) is 3.23. The molecule has 170 valence electrons. The second-order valence-corrected chi connectivity index (χ2v) is 6.65. The minimum Gasteiger partial charge on any atom is -0.863 e. The number of rotatable bonds is 5. The molecule has 4 rings (SSSR count). The maximum Gasteiger partial charge on any atom is 0.283 e. The smallest absolute Gasteiger partial charge is 0.283 e. The van der Waals surface area contributed by atoms with Crippen LogP contribution in [-0.2, 0) is 4.74 Å². The SMILES string of the molecule is COC[N+]1=CN(N)c2cccc3cccc1c23.O=[N+]([O-])c1cc([N+](=O)[O-])c([O-])c([N+](=O)[O-])c1. The van der Waals surface area contributed by atoms with Crippen LogP contribution in [-0.4, -0.2) is 39.5 Å². The first-order chi connectivity index (χ1) is 15.6. The Morgan fingerprint density at radius 1 is 0.970 bits per heavy atom. The molecule has 0 amide bonds. The molecule has 0 spiro atoms. The van der Waals surface area contributed by atoms with E-state index in [1.807, 2.05) is 29.1 Å². The van der Waals surface area contributed by atoms with Crippen LogP contribution in [0.25, 0.3) is 10.8 Å². The van der Waals surface area contributed by atoms with Gasteiger partial charge in [0.25, 0.3) is 23.4 Å². The minimum atomic E-state index is -1.46. The van der Waals surface area contributed by atoms with Crippen molar-refractivity contribution in [3.63, 3.8) is 0 Å². The van der Waals surface area contributed by atoms with Crippen molar-refractivity contribution in [3.05, 3.63) is 78.9 Å². The largest absolute Gasteiger partial charge is 0.863 e. The van der Waals surface area contributed by atoms with E-state index in [-0.39, 0.29) is 0 Å². The summed E-state index contributed by atoms with van der Waals surface area (Å²) in [5.41, 5.74) is -1.12. The van der Waals surface area contributed by atoms with Crippen LogP contribution < -0.4 is 16.0 Å². The molecular weight excluding hydrogens is 440 g/mol. The van der Waals surface area contributed by atoms with E-state index < -0.39 is 37.6 Å². The summed E-state index contributed by atoms with van der Waals surface area (Å²) in [5, 5.41) is 46.1. The second-order valence-electron chi connectivity index (χ2n) is 6.65. The predicted octanol–water partition coefficient (Wildman–Crippen LogP) is 2.29. The van der Waals surface area contributed by atoms with Gasteiger partial charge in [0.2, 0.25) is 0 Å². The molecule has 1 aliphatic rings. The van der Waals surface area contributed by atoms with Gasteiger partial charge in [-0.3, -0.25) is 30.3 Å². The minimum absolute atomic E-state index is 0.384. The summed E-state index contributed by atoms with van der Waals surface area (Å²) in [7, 11) is 1.68. The molecule has 3 aromatic carbocycles. The third kappa shape index (κ3) is 4.51. The van der Waals surface area contributed by atoms with Gasteiger partial charge in [-0.05, 0) is 17.5 Å². The summed E-state index contributed by atoms with van der Waals surface area (Å²) in [6.45, 7) is 0.487. The lowest BCUT2D eigenvalue weighted by Gasteiger charge is -2.19. The van der Waals surface area contributed by atoms with Gasteiger partial charge >= 0.3 is 0 Å². The molecule has 14 heteroatoms. The van der Waals surface area contributed by atoms with Gasteiger partial charge in [-0.15, -0.1) is 0 Å². The number of ether oxygens (including phenoxy) is 1. The Hall–Kier alpha value is -4.69. The number of nitro benzene ring substituents is 3. The number of hydrazine groups is 1. The van der Waals surface area contributed by atoms with E-state index >= 15 is 0 Å². The number of benzene rings is 3. The highest BCUT2D eigenvalue weighted by Crippen LogP contribution is 2.37. The van der Waals surface area contributed by atoms with E-state index in [1.54, 1.807) is 12.1 Å². The Bertz CT molecular complexity index is 1270. The van der Waals surface area contributed by atoms with Gasteiger partial charge in [0, 0.05) is 7.11 Å².